The molecule has 0 aromatic carbocycles. The fraction of sp³-hybridized carbons (Fsp3) is 0.929. The molecule has 0 aliphatic carbocycles. The van der Waals surface area contributed by atoms with Crippen molar-refractivity contribution in [3.8, 4) is 0 Å². The largest absolute Gasteiger partial charge is 0.356 e. The topological polar surface area (TPSA) is 39.7 Å². The summed E-state index contributed by atoms with van der Waals surface area (Å²) in [6.07, 6.45) is 2.26. The zero-order valence-electron chi connectivity index (χ0n) is 13.1. The monoisotopic (exact) mass is 256 g/mol. The third kappa shape index (κ3) is 7.54. The average Bonchev–Trinajstić information content (AvgIpc) is 2.31. The van der Waals surface area contributed by atoms with Gasteiger partial charge < -0.3 is 10.6 Å². The Balaban J connectivity index is 3.83. The molecule has 0 amide bonds. The molecule has 0 spiro atoms. The highest BCUT2D eigenvalue weighted by molar-refractivity contribution is 5.79. The van der Waals surface area contributed by atoms with Crippen LogP contribution in [0.3, 0.4) is 0 Å². The van der Waals surface area contributed by atoms with E-state index in [9.17, 15) is 0 Å². The van der Waals surface area contributed by atoms with E-state index in [2.05, 4.69) is 55.1 Å². The third-order valence-corrected chi connectivity index (χ3v) is 2.98. The summed E-state index contributed by atoms with van der Waals surface area (Å²) in [4.78, 5) is 6.71. The summed E-state index contributed by atoms with van der Waals surface area (Å²) in [6, 6.07) is 1.23. The highest BCUT2D eigenvalue weighted by Gasteiger charge is 2.12. The summed E-state index contributed by atoms with van der Waals surface area (Å²) >= 11 is 0. The lowest BCUT2D eigenvalue weighted by Crippen LogP contribution is -2.41. The fourth-order valence-electron chi connectivity index (χ4n) is 2.05. The van der Waals surface area contributed by atoms with Gasteiger partial charge in [-0.15, -0.1) is 0 Å². The second kappa shape index (κ2) is 10.2. The maximum Gasteiger partial charge on any atom is 0.190 e. The minimum atomic E-state index is 0.613. The normalized spacial score (nSPS) is 12.6. The molecule has 0 rings (SSSR count). The first kappa shape index (κ1) is 17.2. The molecule has 4 heteroatoms. The van der Waals surface area contributed by atoms with Crippen LogP contribution in [0.2, 0.25) is 0 Å². The molecule has 0 radical (unpaired) electrons. The molecule has 0 fully saturated rings. The first-order chi connectivity index (χ1) is 8.52. The van der Waals surface area contributed by atoms with Gasteiger partial charge in [-0.2, -0.15) is 0 Å². The Morgan fingerprint density at radius 1 is 1.06 bits per heavy atom. The van der Waals surface area contributed by atoms with Crippen molar-refractivity contribution in [3.05, 3.63) is 0 Å². The van der Waals surface area contributed by atoms with Gasteiger partial charge in [0.1, 0.15) is 0 Å². The van der Waals surface area contributed by atoms with Gasteiger partial charge in [0.25, 0.3) is 0 Å². The van der Waals surface area contributed by atoms with Crippen molar-refractivity contribution in [2.45, 2.75) is 59.5 Å². The molecule has 0 unspecified atom stereocenters. The minimum absolute atomic E-state index is 0.613. The molecule has 0 aromatic heterocycles. The lowest BCUT2D eigenvalue weighted by molar-refractivity contribution is 0.173. The Bertz CT molecular complexity index is 216. The number of guanidine groups is 1. The predicted molar refractivity (Wildman–Crippen MR) is 81.3 cm³/mol. The second-order valence-electron chi connectivity index (χ2n) is 5.20. The van der Waals surface area contributed by atoms with E-state index in [1.165, 1.54) is 0 Å². The standard InChI is InChI=1S/C14H32N4/c1-7-9-16-14(15-6)17-10-8-11-18(12(2)3)13(4)5/h12-13H,7-11H2,1-6H3,(H2,15,16,17). The van der Waals surface area contributed by atoms with Crippen LogP contribution < -0.4 is 10.6 Å². The Morgan fingerprint density at radius 3 is 2.06 bits per heavy atom. The van der Waals surface area contributed by atoms with E-state index in [-0.39, 0.29) is 0 Å². The highest BCUT2D eigenvalue weighted by Crippen LogP contribution is 2.05. The molecule has 108 valence electrons. The summed E-state index contributed by atoms with van der Waals surface area (Å²) < 4.78 is 0. The molecule has 18 heavy (non-hydrogen) atoms. The van der Waals surface area contributed by atoms with Crippen LogP contribution in [0.15, 0.2) is 4.99 Å². The first-order valence-corrected chi connectivity index (χ1v) is 7.23. The predicted octanol–water partition coefficient (Wildman–Crippen LogP) is 2.07. The zero-order valence-corrected chi connectivity index (χ0v) is 13.1. The van der Waals surface area contributed by atoms with Gasteiger partial charge in [-0.1, -0.05) is 6.92 Å². The van der Waals surface area contributed by atoms with Crippen molar-refractivity contribution in [1.29, 1.82) is 0 Å². The zero-order chi connectivity index (χ0) is 14.0. The Hall–Kier alpha value is -0.770. The van der Waals surface area contributed by atoms with E-state index in [0.717, 1.165) is 38.4 Å². The van der Waals surface area contributed by atoms with E-state index < -0.39 is 0 Å². The van der Waals surface area contributed by atoms with Gasteiger partial charge in [-0.3, -0.25) is 9.89 Å². The third-order valence-electron chi connectivity index (χ3n) is 2.98. The second-order valence-corrected chi connectivity index (χ2v) is 5.20. The lowest BCUT2D eigenvalue weighted by Gasteiger charge is -2.30. The van der Waals surface area contributed by atoms with Crippen LogP contribution >= 0.6 is 0 Å². The van der Waals surface area contributed by atoms with E-state index in [0.29, 0.717) is 12.1 Å². The molecule has 0 aromatic rings. The Kier molecular flexibility index (Phi) is 9.74. The van der Waals surface area contributed by atoms with Crippen molar-refractivity contribution in [2.24, 2.45) is 4.99 Å². The summed E-state index contributed by atoms with van der Waals surface area (Å²) in [5, 5.41) is 6.63. The van der Waals surface area contributed by atoms with Crippen molar-refractivity contribution in [2.75, 3.05) is 26.7 Å². The number of aliphatic imine (C=N–C) groups is 1. The van der Waals surface area contributed by atoms with Crippen LogP contribution in [0.1, 0.15) is 47.5 Å². The first-order valence-electron chi connectivity index (χ1n) is 7.23. The van der Waals surface area contributed by atoms with Crippen molar-refractivity contribution < 1.29 is 0 Å². The van der Waals surface area contributed by atoms with Gasteiger partial charge in [0.15, 0.2) is 5.96 Å². The summed E-state index contributed by atoms with van der Waals surface area (Å²) in [5.41, 5.74) is 0. The minimum Gasteiger partial charge on any atom is -0.356 e. The molecule has 0 saturated heterocycles. The number of nitrogens with zero attached hydrogens (tertiary/aromatic N) is 2. The number of hydrogen-bond donors (Lipinski definition) is 2. The lowest BCUT2D eigenvalue weighted by atomic mass is 10.2. The summed E-state index contributed by atoms with van der Waals surface area (Å²) in [5.74, 6) is 0.914. The van der Waals surface area contributed by atoms with Gasteiger partial charge in [-0.05, 0) is 40.5 Å². The smallest absolute Gasteiger partial charge is 0.190 e. The van der Waals surface area contributed by atoms with Crippen LogP contribution in [0.25, 0.3) is 0 Å². The number of rotatable bonds is 8. The van der Waals surface area contributed by atoms with Crippen LogP contribution in [-0.4, -0.2) is 49.6 Å². The van der Waals surface area contributed by atoms with Crippen LogP contribution in [0.4, 0.5) is 0 Å². The van der Waals surface area contributed by atoms with Gasteiger partial charge >= 0.3 is 0 Å². The average molecular weight is 256 g/mol. The quantitative estimate of drug-likeness (QED) is 0.397. The van der Waals surface area contributed by atoms with Gasteiger partial charge in [0.2, 0.25) is 0 Å². The van der Waals surface area contributed by atoms with Crippen molar-refractivity contribution in [1.82, 2.24) is 15.5 Å². The molecule has 0 saturated carbocycles. The van der Waals surface area contributed by atoms with Gasteiger partial charge in [0, 0.05) is 38.8 Å². The fourth-order valence-corrected chi connectivity index (χ4v) is 2.05. The summed E-state index contributed by atoms with van der Waals surface area (Å²) in [6.45, 7) is 14.3. The van der Waals surface area contributed by atoms with Crippen LogP contribution in [0.5, 0.6) is 0 Å². The molecule has 0 aliphatic heterocycles. The summed E-state index contributed by atoms with van der Waals surface area (Å²) in [7, 11) is 1.82. The van der Waals surface area contributed by atoms with E-state index >= 15 is 0 Å². The SMILES string of the molecule is CCCNC(=NC)NCCCN(C(C)C)C(C)C. The Labute approximate surface area is 113 Å². The molecular formula is C14H32N4. The maximum absolute atomic E-state index is 4.19. The van der Waals surface area contributed by atoms with Crippen molar-refractivity contribution >= 4 is 5.96 Å². The molecule has 0 heterocycles. The molecule has 2 N–H and O–H groups in total. The maximum atomic E-state index is 4.19. The highest BCUT2D eigenvalue weighted by atomic mass is 15.2. The number of nitrogens with one attached hydrogen (secondary N) is 2. The van der Waals surface area contributed by atoms with E-state index in [1.807, 2.05) is 7.05 Å². The van der Waals surface area contributed by atoms with E-state index in [1.54, 1.807) is 0 Å². The van der Waals surface area contributed by atoms with Crippen LogP contribution in [0, 0.1) is 0 Å². The van der Waals surface area contributed by atoms with E-state index in [4.69, 9.17) is 0 Å². The van der Waals surface area contributed by atoms with Crippen molar-refractivity contribution in [3.63, 3.8) is 0 Å². The Morgan fingerprint density at radius 2 is 1.61 bits per heavy atom. The van der Waals surface area contributed by atoms with Gasteiger partial charge in [0.05, 0.1) is 0 Å². The number of hydrogen-bond acceptors (Lipinski definition) is 2. The molecule has 0 aliphatic rings. The van der Waals surface area contributed by atoms with Crippen LogP contribution in [-0.2, 0) is 0 Å². The molecule has 0 bridgehead atoms. The molecule has 4 nitrogen and oxygen atoms in total. The molecule has 0 atom stereocenters. The van der Waals surface area contributed by atoms with Gasteiger partial charge in [-0.25, -0.2) is 0 Å². The molecular weight excluding hydrogens is 224 g/mol.